The van der Waals surface area contributed by atoms with Crippen molar-refractivity contribution in [1.29, 1.82) is 0 Å². The zero-order chi connectivity index (χ0) is 4.85. The van der Waals surface area contributed by atoms with E-state index in [0.717, 1.165) is 24.7 Å². The summed E-state index contributed by atoms with van der Waals surface area (Å²) in [7, 11) is 0. The lowest BCUT2D eigenvalue weighted by molar-refractivity contribution is 0.168. The van der Waals surface area contributed by atoms with Gasteiger partial charge in [-0.05, 0) is 31.1 Å². The van der Waals surface area contributed by atoms with Crippen molar-refractivity contribution in [2.75, 3.05) is 0 Å². The van der Waals surface area contributed by atoms with Crippen LogP contribution in [0.1, 0.15) is 19.3 Å². The van der Waals surface area contributed by atoms with Gasteiger partial charge in [0.15, 0.2) is 0 Å². The fourth-order valence-electron chi connectivity index (χ4n) is 1.68. The van der Waals surface area contributed by atoms with Gasteiger partial charge in [0, 0.05) is 0 Å². The highest BCUT2D eigenvalue weighted by Gasteiger charge is 2.44. The first kappa shape index (κ1) is 3.90. The van der Waals surface area contributed by atoms with E-state index in [2.05, 4.69) is 0 Å². The summed E-state index contributed by atoms with van der Waals surface area (Å²) in [5.74, 6) is 1.88. The maximum Gasteiger partial charge on any atom is 0.0545 e. The Balaban J connectivity index is 2.02. The van der Waals surface area contributed by atoms with Crippen molar-refractivity contribution < 1.29 is 5.11 Å². The molecule has 0 aromatic rings. The van der Waals surface area contributed by atoms with Gasteiger partial charge in [-0.3, -0.25) is 0 Å². The molecule has 0 aliphatic heterocycles. The predicted octanol–water partition coefficient (Wildman–Crippen LogP) is 0.777. The van der Waals surface area contributed by atoms with Gasteiger partial charge < -0.3 is 5.11 Å². The molecule has 1 heteroatoms. The SMILES string of the molecule is OC1CC2CC2C1. The molecule has 7 heavy (non-hydrogen) atoms. The standard InChI is InChI=1S/C6H10O/c7-6-2-4-1-5(4)3-6/h4-7H,1-3H2. The van der Waals surface area contributed by atoms with Crippen molar-refractivity contribution in [1.82, 2.24) is 0 Å². The molecular weight excluding hydrogens is 88.1 g/mol. The van der Waals surface area contributed by atoms with Crippen molar-refractivity contribution in [3.8, 4) is 0 Å². The molecule has 0 saturated heterocycles. The quantitative estimate of drug-likeness (QED) is 0.474. The van der Waals surface area contributed by atoms with Gasteiger partial charge in [-0.2, -0.15) is 0 Å². The van der Waals surface area contributed by atoms with Crippen LogP contribution >= 0.6 is 0 Å². The van der Waals surface area contributed by atoms with Crippen LogP contribution in [0.3, 0.4) is 0 Å². The van der Waals surface area contributed by atoms with E-state index in [0.29, 0.717) is 0 Å². The molecule has 0 spiro atoms. The molecule has 1 N–H and O–H groups in total. The van der Waals surface area contributed by atoms with Gasteiger partial charge in [-0.1, -0.05) is 0 Å². The molecule has 2 rings (SSSR count). The van der Waals surface area contributed by atoms with Crippen LogP contribution in [-0.4, -0.2) is 11.2 Å². The van der Waals surface area contributed by atoms with E-state index in [-0.39, 0.29) is 6.10 Å². The summed E-state index contributed by atoms with van der Waals surface area (Å²) in [5, 5.41) is 8.93. The van der Waals surface area contributed by atoms with Crippen LogP contribution in [0.4, 0.5) is 0 Å². The van der Waals surface area contributed by atoms with E-state index in [1.807, 2.05) is 0 Å². The molecule has 0 amide bonds. The van der Waals surface area contributed by atoms with E-state index in [9.17, 15) is 0 Å². The molecule has 2 aliphatic carbocycles. The van der Waals surface area contributed by atoms with Crippen LogP contribution in [0.2, 0.25) is 0 Å². The van der Waals surface area contributed by atoms with Gasteiger partial charge in [0.1, 0.15) is 0 Å². The van der Waals surface area contributed by atoms with Crippen LogP contribution in [-0.2, 0) is 0 Å². The first-order valence-corrected chi connectivity index (χ1v) is 3.04. The monoisotopic (exact) mass is 98.1 g/mol. The molecule has 0 aromatic carbocycles. The lowest BCUT2D eigenvalue weighted by Gasteiger charge is -1.98. The van der Waals surface area contributed by atoms with Crippen LogP contribution in [0.5, 0.6) is 0 Å². The number of rotatable bonds is 0. The third kappa shape index (κ3) is 0.480. The Hall–Kier alpha value is -0.0400. The Labute approximate surface area is 43.3 Å². The molecule has 40 valence electrons. The molecule has 2 aliphatic rings. The lowest BCUT2D eigenvalue weighted by Crippen LogP contribution is -2.00. The molecule has 0 radical (unpaired) electrons. The fraction of sp³-hybridized carbons (Fsp3) is 1.00. The topological polar surface area (TPSA) is 20.2 Å². The summed E-state index contributed by atoms with van der Waals surface area (Å²) in [4.78, 5) is 0. The van der Waals surface area contributed by atoms with Crippen molar-refractivity contribution in [3.05, 3.63) is 0 Å². The lowest BCUT2D eigenvalue weighted by atomic mass is 10.2. The number of hydrogen-bond acceptors (Lipinski definition) is 1. The Morgan fingerprint density at radius 2 is 1.57 bits per heavy atom. The van der Waals surface area contributed by atoms with E-state index in [4.69, 9.17) is 5.11 Å². The summed E-state index contributed by atoms with van der Waals surface area (Å²) in [6, 6.07) is 0. The number of hydrogen-bond donors (Lipinski definition) is 1. The Morgan fingerprint density at radius 1 is 1.00 bits per heavy atom. The normalized spacial score (nSPS) is 57.0. The molecule has 0 bridgehead atoms. The maximum atomic E-state index is 8.93. The number of aliphatic hydroxyl groups is 1. The second-order valence-electron chi connectivity index (χ2n) is 2.88. The van der Waals surface area contributed by atoms with Crippen LogP contribution in [0.25, 0.3) is 0 Å². The number of aliphatic hydroxyl groups excluding tert-OH is 1. The Morgan fingerprint density at radius 3 is 1.86 bits per heavy atom. The third-order valence-electron chi connectivity index (χ3n) is 2.22. The van der Waals surface area contributed by atoms with E-state index >= 15 is 0 Å². The zero-order valence-electron chi connectivity index (χ0n) is 4.30. The summed E-state index contributed by atoms with van der Waals surface area (Å²) < 4.78 is 0. The van der Waals surface area contributed by atoms with Gasteiger partial charge in [-0.25, -0.2) is 0 Å². The second-order valence-corrected chi connectivity index (χ2v) is 2.88. The minimum atomic E-state index is 0.0729. The van der Waals surface area contributed by atoms with Crippen molar-refractivity contribution in [2.45, 2.75) is 25.4 Å². The van der Waals surface area contributed by atoms with Gasteiger partial charge >= 0.3 is 0 Å². The molecule has 2 fully saturated rings. The molecule has 0 heterocycles. The molecule has 1 nitrogen and oxygen atoms in total. The first-order valence-electron chi connectivity index (χ1n) is 3.04. The minimum Gasteiger partial charge on any atom is -0.393 e. The number of fused-ring (bicyclic) bond motifs is 1. The second kappa shape index (κ2) is 1.03. The summed E-state index contributed by atoms with van der Waals surface area (Å²) in [6.45, 7) is 0. The van der Waals surface area contributed by atoms with Crippen molar-refractivity contribution in [2.24, 2.45) is 11.8 Å². The van der Waals surface area contributed by atoms with E-state index in [1.165, 1.54) is 6.42 Å². The van der Waals surface area contributed by atoms with E-state index in [1.54, 1.807) is 0 Å². The minimum absolute atomic E-state index is 0.0729. The van der Waals surface area contributed by atoms with Gasteiger partial charge in [0.25, 0.3) is 0 Å². The largest absolute Gasteiger partial charge is 0.393 e. The van der Waals surface area contributed by atoms with Crippen LogP contribution in [0, 0.1) is 11.8 Å². The Kier molecular flexibility index (Phi) is 0.571. The summed E-state index contributed by atoms with van der Waals surface area (Å²) >= 11 is 0. The average molecular weight is 98.1 g/mol. The van der Waals surface area contributed by atoms with Gasteiger partial charge in [0.05, 0.1) is 6.10 Å². The molecule has 0 aromatic heterocycles. The molecule has 2 saturated carbocycles. The predicted molar refractivity (Wildman–Crippen MR) is 26.8 cm³/mol. The highest BCUT2D eigenvalue weighted by atomic mass is 16.3. The third-order valence-corrected chi connectivity index (χ3v) is 2.22. The molecular formula is C6H10O. The summed E-state index contributed by atoms with van der Waals surface area (Å²) in [6.07, 6.45) is 3.69. The van der Waals surface area contributed by atoms with Gasteiger partial charge in [0.2, 0.25) is 0 Å². The van der Waals surface area contributed by atoms with Crippen LogP contribution < -0.4 is 0 Å². The molecule has 2 unspecified atom stereocenters. The smallest absolute Gasteiger partial charge is 0.0545 e. The zero-order valence-corrected chi connectivity index (χ0v) is 4.30. The maximum absolute atomic E-state index is 8.93. The Bertz CT molecular complexity index is 80.2. The van der Waals surface area contributed by atoms with E-state index < -0.39 is 0 Å². The fourth-order valence-corrected chi connectivity index (χ4v) is 1.68. The highest BCUT2D eigenvalue weighted by Crippen LogP contribution is 2.51. The highest BCUT2D eigenvalue weighted by molar-refractivity contribution is 4.95. The first-order chi connectivity index (χ1) is 3.36. The molecule has 2 atom stereocenters. The van der Waals surface area contributed by atoms with Crippen molar-refractivity contribution in [3.63, 3.8) is 0 Å². The van der Waals surface area contributed by atoms with Crippen molar-refractivity contribution >= 4 is 0 Å². The van der Waals surface area contributed by atoms with Crippen LogP contribution in [0.15, 0.2) is 0 Å². The summed E-state index contributed by atoms with van der Waals surface area (Å²) in [5.41, 5.74) is 0. The van der Waals surface area contributed by atoms with Gasteiger partial charge in [-0.15, -0.1) is 0 Å². The average Bonchev–Trinajstić information content (AvgIpc) is 2.15.